The number of nitrogens with two attached hydrogens (primary N) is 1. The van der Waals surface area contributed by atoms with Gasteiger partial charge in [-0.25, -0.2) is 0 Å². The highest BCUT2D eigenvalue weighted by molar-refractivity contribution is 5.93. The first-order valence-electron chi connectivity index (χ1n) is 6.39. The first kappa shape index (κ1) is 13.1. The van der Waals surface area contributed by atoms with Gasteiger partial charge in [0.05, 0.1) is 6.54 Å². The van der Waals surface area contributed by atoms with Crippen molar-refractivity contribution in [1.29, 1.82) is 0 Å². The van der Waals surface area contributed by atoms with E-state index in [9.17, 15) is 4.79 Å². The van der Waals surface area contributed by atoms with Crippen LogP contribution in [0.4, 0.5) is 5.69 Å². The van der Waals surface area contributed by atoms with Gasteiger partial charge in [-0.15, -0.1) is 0 Å². The Labute approximate surface area is 108 Å². The number of hydrogen-bond acceptors (Lipinski definition) is 3. The van der Waals surface area contributed by atoms with Crippen LogP contribution in [0.5, 0.6) is 0 Å². The minimum absolute atomic E-state index is 0.0396. The smallest absolute Gasteiger partial charge is 0.238 e. The van der Waals surface area contributed by atoms with E-state index in [1.165, 1.54) is 0 Å². The van der Waals surface area contributed by atoms with Crippen LogP contribution in [-0.2, 0) is 4.79 Å². The summed E-state index contributed by atoms with van der Waals surface area (Å²) in [6.45, 7) is 6.19. The Morgan fingerprint density at radius 3 is 2.94 bits per heavy atom. The Hall–Kier alpha value is -1.39. The van der Waals surface area contributed by atoms with Crippen molar-refractivity contribution in [3.63, 3.8) is 0 Å². The number of aryl methyl sites for hydroxylation is 2. The number of rotatable bonds is 3. The van der Waals surface area contributed by atoms with Crippen molar-refractivity contribution in [3.8, 4) is 0 Å². The summed E-state index contributed by atoms with van der Waals surface area (Å²) in [5, 5.41) is 2.97. The Morgan fingerprint density at radius 1 is 1.50 bits per heavy atom. The predicted molar refractivity (Wildman–Crippen MR) is 73.6 cm³/mol. The van der Waals surface area contributed by atoms with Crippen molar-refractivity contribution in [2.24, 2.45) is 5.73 Å². The number of anilines is 1. The molecule has 1 aliphatic heterocycles. The average molecular weight is 247 g/mol. The van der Waals surface area contributed by atoms with Gasteiger partial charge in [0.25, 0.3) is 0 Å². The maximum atomic E-state index is 11.9. The third-order valence-electron chi connectivity index (χ3n) is 3.34. The van der Waals surface area contributed by atoms with Gasteiger partial charge >= 0.3 is 0 Å². The fourth-order valence-corrected chi connectivity index (χ4v) is 2.27. The van der Waals surface area contributed by atoms with E-state index in [1.807, 2.05) is 32.0 Å². The van der Waals surface area contributed by atoms with Gasteiger partial charge in [-0.1, -0.05) is 12.1 Å². The predicted octanol–water partition coefficient (Wildman–Crippen LogP) is 1.27. The standard InChI is InChI=1S/C14H21N3O/c1-10-3-4-11(2)13(7-10)16-14(18)9-17-6-5-12(15)8-17/h3-4,7,12H,5-6,8-9,15H2,1-2H3,(H,16,18)/t12-/m0/s1. The van der Waals surface area contributed by atoms with E-state index in [4.69, 9.17) is 5.73 Å². The lowest BCUT2D eigenvalue weighted by Gasteiger charge is -2.15. The normalized spacial score (nSPS) is 20.1. The molecule has 98 valence electrons. The first-order chi connectivity index (χ1) is 8.54. The van der Waals surface area contributed by atoms with Gasteiger partial charge in [-0.2, -0.15) is 0 Å². The SMILES string of the molecule is Cc1ccc(C)c(NC(=O)CN2CC[C@H](N)C2)c1. The highest BCUT2D eigenvalue weighted by Gasteiger charge is 2.21. The molecule has 0 saturated carbocycles. The summed E-state index contributed by atoms with van der Waals surface area (Å²) in [6, 6.07) is 6.29. The molecule has 1 amide bonds. The summed E-state index contributed by atoms with van der Waals surface area (Å²) >= 11 is 0. The number of nitrogens with zero attached hydrogens (tertiary/aromatic N) is 1. The second-order valence-corrected chi connectivity index (χ2v) is 5.15. The second kappa shape index (κ2) is 5.50. The number of hydrogen-bond donors (Lipinski definition) is 2. The topological polar surface area (TPSA) is 58.4 Å². The van der Waals surface area contributed by atoms with Crippen LogP contribution in [0.1, 0.15) is 17.5 Å². The van der Waals surface area contributed by atoms with Gasteiger partial charge in [-0.3, -0.25) is 9.69 Å². The third kappa shape index (κ3) is 3.31. The first-order valence-corrected chi connectivity index (χ1v) is 6.39. The maximum Gasteiger partial charge on any atom is 0.238 e. The number of carbonyl (C=O) groups excluding carboxylic acids is 1. The molecule has 1 heterocycles. The zero-order valence-electron chi connectivity index (χ0n) is 11.1. The fraction of sp³-hybridized carbons (Fsp3) is 0.500. The van der Waals surface area contributed by atoms with Crippen molar-refractivity contribution in [3.05, 3.63) is 29.3 Å². The maximum absolute atomic E-state index is 11.9. The molecule has 18 heavy (non-hydrogen) atoms. The molecule has 1 saturated heterocycles. The van der Waals surface area contributed by atoms with Crippen molar-refractivity contribution in [2.75, 3.05) is 25.0 Å². The van der Waals surface area contributed by atoms with Crippen LogP contribution in [0, 0.1) is 13.8 Å². The Kier molecular flexibility index (Phi) is 3.99. The van der Waals surface area contributed by atoms with E-state index in [0.29, 0.717) is 6.54 Å². The summed E-state index contributed by atoms with van der Waals surface area (Å²) in [4.78, 5) is 14.0. The molecule has 0 radical (unpaired) electrons. The molecule has 3 N–H and O–H groups in total. The molecule has 2 rings (SSSR count). The zero-order valence-corrected chi connectivity index (χ0v) is 11.1. The summed E-state index contributed by atoms with van der Waals surface area (Å²) in [5.74, 6) is 0.0396. The van der Waals surface area contributed by atoms with Crippen LogP contribution in [0.3, 0.4) is 0 Å². The summed E-state index contributed by atoms with van der Waals surface area (Å²) in [5.41, 5.74) is 8.97. The van der Waals surface area contributed by atoms with Crippen LogP contribution in [-0.4, -0.2) is 36.5 Å². The number of benzene rings is 1. The number of carbonyl (C=O) groups is 1. The molecule has 4 nitrogen and oxygen atoms in total. The molecule has 0 aliphatic carbocycles. The Bertz CT molecular complexity index is 445. The van der Waals surface area contributed by atoms with Crippen LogP contribution >= 0.6 is 0 Å². The molecule has 1 fully saturated rings. The van der Waals surface area contributed by atoms with Gasteiger partial charge in [0.15, 0.2) is 0 Å². The van der Waals surface area contributed by atoms with Crippen molar-refractivity contribution in [2.45, 2.75) is 26.3 Å². The molecule has 1 atom stereocenters. The van der Waals surface area contributed by atoms with Crippen LogP contribution < -0.4 is 11.1 Å². The van der Waals surface area contributed by atoms with Crippen molar-refractivity contribution in [1.82, 2.24) is 4.90 Å². The van der Waals surface area contributed by atoms with Gasteiger partial charge in [0, 0.05) is 24.8 Å². The second-order valence-electron chi connectivity index (χ2n) is 5.15. The molecule has 0 aromatic heterocycles. The van der Waals surface area contributed by atoms with Crippen molar-refractivity contribution < 1.29 is 4.79 Å². The highest BCUT2D eigenvalue weighted by atomic mass is 16.2. The monoisotopic (exact) mass is 247 g/mol. The van der Waals surface area contributed by atoms with Gasteiger partial charge in [0.2, 0.25) is 5.91 Å². The Morgan fingerprint density at radius 2 is 2.28 bits per heavy atom. The van der Waals surface area contributed by atoms with Crippen molar-refractivity contribution >= 4 is 11.6 Å². The van der Waals surface area contributed by atoms with E-state index in [0.717, 1.165) is 36.3 Å². The lowest BCUT2D eigenvalue weighted by Crippen LogP contribution is -2.33. The summed E-state index contributed by atoms with van der Waals surface area (Å²) in [7, 11) is 0. The summed E-state index contributed by atoms with van der Waals surface area (Å²) in [6.07, 6.45) is 0.983. The van der Waals surface area contributed by atoms with E-state index < -0.39 is 0 Å². The van der Waals surface area contributed by atoms with Gasteiger partial charge in [0.1, 0.15) is 0 Å². The van der Waals surface area contributed by atoms with E-state index in [1.54, 1.807) is 0 Å². The third-order valence-corrected chi connectivity index (χ3v) is 3.34. The largest absolute Gasteiger partial charge is 0.326 e. The zero-order chi connectivity index (χ0) is 13.1. The molecular formula is C14H21N3O. The number of amides is 1. The molecule has 1 aliphatic rings. The number of likely N-dealkylation sites (tertiary alicyclic amines) is 1. The van der Waals surface area contributed by atoms with Gasteiger partial charge in [-0.05, 0) is 37.5 Å². The molecule has 0 bridgehead atoms. The fourth-order valence-electron chi connectivity index (χ4n) is 2.27. The van der Waals surface area contributed by atoms with Crippen LogP contribution in [0.25, 0.3) is 0 Å². The van der Waals surface area contributed by atoms with Crippen LogP contribution in [0.2, 0.25) is 0 Å². The number of nitrogens with one attached hydrogen (secondary N) is 1. The minimum atomic E-state index is 0.0396. The minimum Gasteiger partial charge on any atom is -0.326 e. The lowest BCUT2D eigenvalue weighted by molar-refractivity contribution is -0.117. The molecule has 0 spiro atoms. The van der Waals surface area contributed by atoms with E-state index in [-0.39, 0.29) is 11.9 Å². The van der Waals surface area contributed by atoms with Gasteiger partial charge < -0.3 is 11.1 Å². The van der Waals surface area contributed by atoms with E-state index in [2.05, 4.69) is 10.2 Å². The summed E-state index contributed by atoms with van der Waals surface area (Å²) < 4.78 is 0. The molecule has 1 aromatic carbocycles. The molecule has 4 heteroatoms. The van der Waals surface area contributed by atoms with E-state index >= 15 is 0 Å². The quantitative estimate of drug-likeness (QED) is 0.846. The average Bonchev–Trinajstić information content (AvgIpc) is 2.69. The molecule has 0 unspecified atom stereocenters. The molecule has 1 aromatic rings. The lowest BCUT2D eigenvalue weighted by atomic mass is 10.1. The molecular weight excluding hydrogens is 226 g/mol. The van der Waals surface area contributed by atoms with Crippen LogP contribution in [0.15, 0.2) is 18.2 Å². The Balaban J connectivity index is 1.92. The highest BCUT2D eigenvalue weighted by Crippen LogP contribution is 2.16.